The van der Waals surface area contributed by atoms with Crippen molar-refractivity contribution in [3.05, 3.63) is 12.7 Å². The standard InChI is InChI=1S/C7H11O.Re/c1-5-6(8)7(2,3)4;/h1,5H,2-4H3;/q-1;. The number of ketones is 1. The monoisotopic (exact) mass is 298 g/mol. The third-order valence-electron chi connectivity index (χ3n) is 0.891. The normalized spacial score (nSPS) is 9.67. The minimum atomic E-state index is -0.311. The van der Waals surface area contributed by atoms with Crippen LogP contribution in [-0.4, -0.2) is 5.78 Å². The maximum atomic E-state index is 10.7. The van der Waals surface area contributed by atoms with Gasteiger partial charge in [0.15, 0.2) is 0 Å². The van der Waals surface area contributed by atoms with E-state index < -0.39 is 0 Å². The fourth-order valence-electron chi connectivity index (χ4n) is 0.250. The molecular formula is C7H11ORe-. The Morgan fingerprint density at radius 1 is 1.44 bits per heavy atom. The molecule has 0 amide bonds. The number of hydrogen-bond acceptors (Lipinski definition) is 1. The second-order valence-corrected chi connectivity index (χ2v) is 2.78. The first-order valence-electron chi connectivity index (χ1n) is 2.58. The Kier molecular flexibility index (Phi) is 5.23. The first-order valence-corrected chi connectivity index (χ1v) is 2.58. The quantitative estimate of drug-likeness (QED) is 0.531. The predicted molar refractivity (Wildman–Crippen MR) is 33.3 cm³/mol. The summed E-state index contributed by atoms with van der Waals surface area (Å²) in [5, 5.41) is 0. The van der Waals surface area contributed by atoms with Gasteiger partial charge in [-0.15, -0.1) is 0 Å². The molecule has 0 heterocycles. The van der Waals surface area contributed by atoms with Crippen LogP contribution in [0.4, 0.5) is 0 Å². The number of hydrogen-bond donors (Lipinski definition) is 0. The van der Waals surface area contributed by atoms with E-state index in [1.807, 2.05) is 20.8 Å². The van der Waals surface area contributed by atoms with Gasteiger partial charge in [-0.25, -0.2) is 0 Å². The van der Waals surface area contributed by atoms with E-state index in [1.54, 1.807) is 0 Å². The van der Waals surface area contributed by atoms with Gasteiger partial charge in [0.05, 0.1) is 0 Å². The van der Waals surface area contributed by atoms with E-state index in [9.17, 15) is 4.79 Å². The SMILES string of the molecule is [CH-]=CC(=O)C(C)(C)C.[Re]. The molecule has 0 aromatic rings. The Morgan fingerprint density at radius 3 is 1.78 bits per heavy atom. The molecule has 0 aliphatic carbocycles. The Morgan fingerprint density at radius 2 is 1.78 bits per heavy atom. The van der Waals surface area contributed by atoms with Crippen LogP contribution in [0.15, 0.2) is 6.08 Å². The number of allylic oxidation sites excluding steroid dienone is 1. The third-order valence-corrected chi connectivity index (χ3v) is 0.891. The van der Waals surface area contributed by atoms with Crippen LogP contribution in [0.1, 0.15) is 20.8 Å². The molecule has 0 aliphatic rings. The van der Waals surface area contributed by atoms with Crippen molar-refractivity contribution in [2.75, 3.05) is 0 Å². The molecule has 0 rings (SSSR count). The van der Waals surface area contributed by atoms with Crippen LogP contribution in [-0.2, 0) is 25.2 Å². The summed E-state index contributed by atoms with van der Waals surface area (Å²) in [6.07, 6.45) is 1.11. The summed E-state index contributed by atoms with van der Waals surface area (Å²) in [6.45, 7) is 10.5. The summed E-state index contributed by atoms with van der Waals surface area (Å²) < 4.78 is 0. The average molecular weight is 297 g/mol. The molecule has 0 fully saturated rings. The third kappa shape index (κ3) is 4.57. The minimum absolute atomic E-state index is 0. The van der Waals surface area contributed by atoms with Crippen molar-refractivity contribution < 1.29 is 25.2 Å². The largest absolute Gasteiger partial charge is 0.406 e. The summed E-state index contributed by atoms with van der Waals surface area (Å²) >= 11 is 0. The van der Waals surface area contributed by atoms with Crippen molar-refractivity contribution >= 4 is 5.78 Å². The van der Waals surface area contributed by atoms with Crippen LogP contribution in [0.2, 0.25) is 0 Å². The maximum absolute atomic E-state index is 10.7. The molecule has 0 bridgehead atoms. The molecule has 0 N–H and O–H groups in total. The van der Waals surface area contributed by atoms with E-state index >= 15 is 0 Å². The molecular weight excluding hydrogens is 286 g/mol. The molecule has 53 valence electrons. The Labute approximate surface area is 70.2 Å². The van der Waals surface area contributed by atoms with Crippen LogP contribution >= 0.6 is 0 Å². The van der Waals surface area contributed by atoms with Gasteiger partial charge >= 0.3 is 0 Å². The van der Waals surface area contributed by atoms with Crippen molar-refractivity contribution in [2.24, 2.45) is 5.41 Å². The molecule has 0 aromatic heterocycles. The van der Waals surface area contributed by atoms with E-state index in [0.717, 1.165) is 6.08 Å². The Hall–Kier alpha value is 0.0723. The zero-order valence-electron chi connectivity index (χ0n) is 5.94. The predicted octanol–water partition coefficient (Wildman–Crippen LogP) is 1.59. The Bertz CT molecular complexity index is 111. The van der Waals surface area contributed by atoms with E-state index in [1.165, 1.54) is 0 Å². The zero-order chi connectivity index (χ0) is 6.78. The number of carbonyl (C=O) groups is 1. The van der Waals surface area contributed by atoms with E-state index in [4.69, 9.17) is 6.58 Å². The molecule has 0 unspecified atom stereocenters. The summed E-state index contributed by atoms with van der Waals surface area (Å²) in [5.74, 6) is -0.0162. The molecule has 0 atom stereocenters. The van der Waals surface area contributed by atoms with Crippen molar-refractivity contribution in [1.82, 2.24) is 0 Å². The van der Waals surface area contributed by atoms with Gasteiger partial charge < -0.3 is 4.79 Å². The summed E-state index contributed by atoms with van der Waals surface area (Å²) in [6, 6.07) is 0. The second-order valence-electron chi connectivity index (χ2n) is 2.78. The van der Waals surface area contributed by atoms with Crippen LogP contribution < -0.4 is 0 Å². The molecule has 0 aliphatic heterocycles. The van der Waals surface area contributed by atoms with E-state index in [2.05, 4.69) is 0 Å². The smallest absolute Gasteiger partial charge is 0.00555 e. The van der Waals surface area contributed by atoms with Gasteiger partial charge in [-0.05, 0) is 5.41 Å². The topological polar surface area (TPSA) is 17.1 Å². The van der Waals surface area contributed by atoms with Crippen LogP contribution in [0, 0.1) is 12.0 Å². The van der Waals surface area contributed by atoms with Gasteiger partial charge in [0.2, 0.25) is 0 Å². The second kappa shape index (κ2) is 3.98. The molecule has 9 heavy (non-hydrogen) atoms. The van der Waals surface area contributed by atoms with E-state index in [-0.39, 0.29) is 31.6 Å². The molecule has 2 heteroatoms. The fourth-order valence-corrected chi connectivity index (χ4v) is 0.250. The van der Waals surface area contributed by atoms with Crippen molar-refractivity contribution in [3.8, 4) is 0 Å². The number of rotatable bonds is 1. The number of carbonyl (C=O) groups excluding carboxylic acids is 1. The van der Waals surface area contributed by atoms with E-state index in [0.29, 0.717) is 0 Å². The summed E-state index contributed by atoms with van der Waals surface area (Å²) in [4.78, 5) is 10.7. The first-order chi connectivity index (χ1) is 3.48. The van der Waals surface area contributed by atoms with Gasteiger partial charge in [-0.2, -0.15) is 6.08 Å². The minimum Gasteiger partial charge on any atom is -0.406 e. The van der Waals surface area contributed by atoms with Gasteiger partial charge in [0.25, 0.3) is 0 Å². The molecule has 1 radical (unpaired) electrons. The van der Waals surface area contributed by atoms with Crippen LogP contribution in [0.25, 0.3) is 0 Å². The molecule has 0 saturated carbocycles. The molecule has 1 nitrogen and oxygen atoms in total. The average Bonchev–Trinajstić information content (AvgIpc) is 1.62. The maximum Gasteiger partial charge on any atom is 0.00555 e. The summed E-state index contributed by atoms with van der Waals surface area (Å²) in [5.41, 5.74) is -0.311. The zero-order valence-corrected chi connectivity index (χ0v) is 8.66. The van der Waals surface area contributed by atoms with Crippen molar-refractivity contribution in [2.45, 2.75) is 20.8 Å². The van der Waals surface area contributed by atoms with Gasteiger partial charge in [-0.3, -0.25) is 6.58 Å². The molecule has 0 aromatic carbocycles. The van der Waals surface area contributed by atoms with Crippen molar-refractivity contribution in [3.63, 3.8) is 0 Å². The fraction of sp³-hybridized carbons (Fsp3) is 0.571. The van der Waals surface area contributed by atoms with Gasteiger partial charge in [0, 0.05) is 26.2 Å². The Balaban J connectivity index is 0. The van der Waals surface area contributed by atoms with Gasteiger partial charge in [-0.1, -0.05) is 20.8 Å². The molecule has 0 saturated heterocycles. The van der Waals surface area contributed by atoms with Crippen molar-refractivity contribution in [1.29, 1.82) is 0 Å². The first kappa shape index (κ1) is 11.8. The van der Waals surface area contributed by atoms with Crippen LogP contribution in [0.5, 0.6) is 0 Å². The molecule has 0 spiro atoms. The van der Waals surface area contributed by atoms with Crippen LogP contribution in [0.3, 0.4) is 0 Å². The van der Waals surface area contributed by atoms with Gasteiger partial charge in [0.1, 0.15) is 0 Å². The summed E-state index contributed by atoms with van der Waals surface area (Å²) in [7, 11) is 0.